The molecule has 0 bridgehead atoms. The second-order valence-corrected chi connectivity index (χ2v) is 7.88. The Morgan fingerprint density at radius 2 is 2.10 bits per heavy atom. The van der Waals surface area contributed by atoms with Crippen LogP contribution < -0.4 is 0 Å². The summed E-state index contributed by atoms with van der Waals surface area (Å²) in [4.78, 5) is 5.37. The molecule has 0 aliphatic heterocycles. The molecule has 1 heterocycles. The summed E-state index contributed by atoms with van der Waals surface area (Å²) in [7, 11) is -2.14. The maximum absolute atomic E-state index is 12.5. The lowest BCUT2D eigenvalue weighted by Crippen LogP contribution is -2.29. The molecule has 0 atom stereocenters. The molecule has 2 rings (SSSR count). The third-order valence-electron chi connectivity index (χ3n) is 3.01. The molecule has 21 heavy (non-hydrogen) atoms. The van der Waals surface area contributed by atoms with Crippen LogP contribution in [-0.4, -0.2) is 31.3 Å². The lowest BCUT2D eigenvalue weighted by atomic mass is 10.2. The van der Waals surface area contributed by atoms with Crippen molar-refractivity contribution in [1.29, 1.82) is 5.26 Å². The van der Waals surface area contributed by atoms with E-state index in [1.807, 2.05) is 13.0 Å². The predicted molar refractivity (Wildman–Crippen MR) is 81.5 cm³/mol. The van der Waals surface area contributed by atoms with Crippen LogP contribution in [0.2, 0.25) is 0 Å². The Kier molecular flexibility index (Phi) is 4.73. The van der Waals surface area contributed by atoms with Crippen LogP contribution in [0.3, 0.4) is 0 Å². The summed E-state index contributed by atoms with van der Waals surface area (Å²) in [6.45, 7) is 2.29. The molecule has 0 spiro atoms. The molecule has 0 amide bonds. The Hall–Kier alpha value is -1.75. The molecule has 0 unspecified atom stereocenters. The minimum atomic E-state index is -3.66. The number of aromatic nitrogens is 1. The second-order valence-electron chi connectivity index (χ2n) is 4.55. The van der Waals surface area contributed by atoms with Gasteiger partial charge in [-0.05, 0) is 19.1 Å². The molecule has 1 aromatic carbocycles. The lowest BCUT2D eigenvalue weighted by Gasteiger charge is -2.17. The SMILES string of the molecule is Cc1cnc(CCN(C)S(=O)(=O)c2ccccc2C#N)s1. The van der Waals surface area contributed by atoms with Crippen molar-refractivity contribution in [3.05, 3.63) is 45.9 Å². The van der Waals surface area contributed by atoms with Crippen LogP contribution in [0.4, 0.5) is 0 Å². The number of sulfonamides is 1. The zero-order chi connectivity index (χ0) is 15.5. The second kappa shape index (κ2) is 6.35. The molecule has 0 saturated heterocycles. The van der Waals surface area contributed by atoms with E-state index in [0.717, 1.165) is 9.88 Å². The molecule has 0 saturated carbocycles. The maximum atomic E-state index is 12.5. The first-order valence-corrected chi connectivity index (χ1v) is 8.57. The molecule has 0 N–H and O–H groups in total. The highest BCUT2D eigenvalue weighted by Gasteiger charge is 2.23. The largest absolute Gasteiger partial charge is 0.249 e. The molecule has 0 aliphatic carbocycles. The van der Waals surface area contributed by atoms with Crippen LogP contribution in [0, 0.1) is 18.3 Å². The molecule has 110 valence electrons. The molecular formula is C14H15N3O2S2. The summed E-state index contributed by atoms with van der Waals surface area (Å²) in [6, 6.07) is 8.14. The number of rotatable bonds is 5. The topological polar surface area (TPSA) is 74.1 Å². The Bertz CT molecular complexity index is 776. The summed E-state index contributed by atoms with van der Waals surface area (Å²) in [5, 5.41) is 9.94. The van der Waals surface area contributed by atoms with Gasteiger partial charge in [0.25, 0.3) is 0 Å². The van der Waals surface area contributed by atoms with E-state index in [1.165, 1.54) is 23.5 Å². The van der Waals surface area contributed by atoms with E-state index in [-0.39, 0.29) is 10.5 Å². The minimum absolute atomic E-state index is 0.0466. The lowest BCUT2D eigenvalue weighted by molar-refractivity contribution is 0.472. The molecule has 0 aliphatic rings. The van der Waals surface area contributed by atoms with Gasteiger partial charge in [-0.15, -0.1) is 11.3 Å². The summed E-state index contributed by atoms with van der Waals surface area (Å²) in [6.07, 6.45) is 2.34. The number of likely N-dealkylation sites (N-methyl/N-ethyl adjacent to an activating group) is 1. The number of nitrogens with zero attached hydrogens (tertiary/aromatic N) is 3. The van der Waals surface area contributed by atoms with E-state index in [0.29, 0.717) is 13.0 Å². The van der Waals surface area contributed by atoms with E-state index in [4.69, 9.17) is 5.26 Å². The van der Waals surface area contributed by atoms with Crippen molar-refractivity contribution in [3.63, 3.8) is 0 Å². The number of thiazole rings is 1. The van der Waals surface area contributed by atoms with Crippen LogP contribution in [0.25, 0.3) is 0 Å². The predicted octanol–water partition coefficient (Wildman–Crippen LogP) is 2.19. The van der Waals surface area contributed by atoms with E-state index in [1.54, 1.807) is 29.7 Å². The highest BCUT2D eigenvalue weighted by atomic mass is 32.2. The number of hydrogen-bond acceptors (Lipinski definition) is 5. The maximum Gasteiger partial charge on any atom is 0.244 e. The summed E-state index contributed by atoms with van der Waals surface area (Å²) in [5.74, 6) is 0. The molecular weight excluding hydrogens is 306 g/mol. The van der Waals surface area contributed by atoms with Gasteiger partial charge in [0.05, 0.1) is 15.5 Å². The fourth-order valence-corrected chi connectivity index (χ4v) is 3.93. The zero-order valence-electron chi connectivity index (χ0n) is 11.8. The third kappa shape index (κ3) is 3.47. The highest BCUT2D eigenvalue weighted by Crippen LogP contribution is 2.19. The number of aryl methyl sites for hydroxylation is 1. The first kappa shape index (κ1) is 15.6. The quantitative estimate of drug-likeness (QED) is 0.846. The summed E-state index contributed by atoms with van der Waals surface area (Å²) in [5.41, 5.74) is 0.162. The van der Waals surface area contributed by atoms with Gasteiger partial charge in [0.2, 0.25) is 10.0 Å². The first-order chi connectivity index (χ1) is 9.95. The third-order valence-corrected chi connectivity index (χ3v) is 5.89. The standard InChI is InChI=1S/C14H15N3O2S2/c1-11-10-16-14(20-11)7-8-17(2)21(18,19)13-6-4-3-5-12(13)9-15/h3-6,10H,7-8H2,1-2H3. The minimum Gasteiger partial charge on any atom is -0.249 e. The van der Waals surface area contributed by atoms with Gasteiger partial charge in [0, 0.05) is 31.1 Å². The monoisotopic (exact) mass is 321 g/mol. The van der Waals surface area contributed by atoms with E-state index < -0.39 is 10.0 Å². The van der Waals surface area contributed by atoms with Crippen LogP contribution in [0.5, 0.6) is 0 Å². The van der Waals surface area contributed by atoms with Crippen molar-refractivity contribution in [2.24, 2.45) is 0 Å². The van der Waals surface area contributed by atoms with Gasteiger partial charge in [0.15, 0.2) is 0 Å². The smallest absolute Gasteiger partial charge is 0.244 e. The van der Waals surface area contributed by atoms with Crippen LogP contribution in [-0.2, 0) is 16.4 Å². The zero-order valence-corrected chi connectivity index (χ0v) is 13.4. The normalized spacial score (nSPS) is 11.5. The number of hydrogen-bond donors (Lipinski definition) is 0. The van der Waals surface area contributed by atoms with E-state index in [2.05, 4.69) is 4.98 Å². The molecule has 7 heteroatoms. The number of nitriles is 1. The average molecular weight is 321 g/mol. The Morgan fingerprint density at radius 3 is 2.71 bits per heavy atom. The molecule has 5 nitrogen and oxygen atoms in total. The van der Waals surface area contributed by atoms with Crippen molar-refractivity contribution >= 4 is 21.4 Å². The van der Waals surface area contributed by atoms with Gasteiger partial charge in [-0.25, -0.2) is 17.7 Å². The Labute approximate surface area is 128 Å². The van der Waals surface area contributed by atoms with Gasteiger partial charge < -0.3 is 0 Å². The summed E-state index contributed by atoms with van der Waals surface area (Å²) >= 11 is 1.56. The first-order valence-electron chi connectivity index (χ1n) is 6.32. The van der Waals surface area contributed by atoms with Gasteiger partial charge in [0.1, 0.15) is 6.07 Å². The fourth-order valence-electron chi connectivity index (χ4n) is 1.84. The fraction of sp³-hybridized carbons (Fsp3) is 0.286. The highest BCUT2D eigenvalue weighted by molar-refractivity contribution is 7.89. The molecule has 1 aromatic heterocycles. The molecule has 2 aromatic rings. The van der Waals surface area contributed by atoms with Gasteiger partial charge in [-0.2, -0.15) is 5.26 Å². The summed E-state index contributed by atoms with van der Waals surface area (Å²) < 4.78 is 26.3. The van der Waals surface area contributed by atoms with Crippen molar-refractivity contribution in [2.75, 3.05) is 13.6 Å². The average Bonchev–Trinajstić information content (AvgIpc) is 2.90. The van der Waals surface area contributed by atoms with Crippen molar-refractivity contribution in [2.45, 2.75) is 18.2 Å². The van der Waals surface area contributed by atoms with Crippen LogP contribution in [0.1, 0.15) is 15.4 Å². The van der Waals surface area contributed by atoms with E-state index >= 15 is 0 Å². The Balaban J connectivity index is 2.17. The van der Waals surface area contributed by atoms with E-state index in [9.17, 15) is 8.42 Å². The Morgan fingerprint density at radius 1 is 1.38 bits per heavy atom. The van der Waals surface area contributed by atoms with Crippen LogP contribution in [0.15, 0.2) is 35.4 Å². The van der Waals surface area contributed by atoms with Crippen molar-refractivity contribution < 1.29 is 8.42 Å². The van der Waals surface area contributed by atoms with Crippen molar-refractivity contribution in [3.8, 4) is 6.07 Å². The molecule has 0 fully saturated rings. The van der Waals surface area contributed by atoms with Crippen molar-refractivity contribution in [1.82, 2.24) is 9.29 Å². The van der Waals surface area contributed by atoms with Gasteiger partial charge in [-0.1, -0.05) is 12.1 Å². The van der Waals surface area contributed by atoms with Gasteiger partial charge >= 0.3 is 0 Å². The molecule has 0 radical (unpaired) electrons. The van der Waals surface area contributed by atoms with Gasteiger partial charge in [-0.3, -0.25) is 0 Å². The number of benzene rings is 1. The van der Waals surface area contributed by atoms with Crippen LogP contribution >= 0.6 is 11.3 Å².